The highest BCUT2D eigenvalue weighted by molar-refractivity contribution is 5.57. The summed E-state index contributed by atoms with van der Waals surface area (Å²) < 4.78 is 5.12. The summed E-state index contributed by atoms with van der Waals surface area (Å²) in [7, 11) is 0. The van der Waals surface area contributed by atoms with Crippen LogP contribution in [0.2, 0.25) is 0 Å². The van der Waals surface area contributed by atoms with Gasteiger partial charge in [0.1, 0.15) is 5.76 Å². The van der Waals surface area contributed by atoms with Gasteiger partial charge in [0.2, 0.25) is 0 Å². The lowest BCUT2D eigenvalue weighted by molar-refractivity contribution is 0.392. The van der Waals surface area contributed by atoms with Gasteiger partial charge >= 0.3 is 0 Å². The lowest BCUT2D eigenvalue weighted by Crippen LogP contribution is -2.03. The average molecular weight is 231 g/mol. The Morgan fingerprint density at radius 2 is 2.06 bits per heavy atom. The molecule has 1 heterocycles. The molecule has 0 radical (unpaired) electrons. The SMILES string of the molecule is Cc1cc(N)ccc1NCc1c(C)noc1C. The first-order chi connectivity index (χ1) is 8.08. The van der Waals surface area contributed by atoms with E-state index < -0.39 is 0 Å². The summed E-state index contributed by atoms with van der Waals surface area (Å²) in [5.41, 5.74) is 10.8. The van der Waals surface area contributed by atoms with Gasteiger partial charge < -0.3 is 15.6 Å². The predicted molar refractivity (Wildman–Crippen MR) is 68.9 cm³/mol. The Balaban J connectivity index is 2.13. The number of aromatic nitrogens is 1. The fourth-order valence-electron chi connectivity index (χ4n) is 1.82. The molecular weight excluding hydrogens is 214 g/mol. The Bertz CT molecular complexity index is 512. The molecule has 0 amide bonds. The number of hydrogen-bond donors (Lipinski definition) is 2. The van der Waals surface area contributed by atoms with Crippen molar-refractivity contribution in [3.8, 4) is 0 Å². The molecule has 1 aromatic heterocycles. The lowest BCUT2D eigenvalue weighted by atomic mass is 10.1. The summed E-state index contributed by atoms with van der Waals surface area (Å²) in [5.74, 6) is 0.864. The number of rotatable bonds is 3. The van der Waals surface area contributed by atoms with Crippen LogP contribution in [-0.2, 0) is 6.54 Å². The molecule has 0 fully saturated rings. The molecule has 2 aromatic rings. The number of hydrogen-bond acceptors (Lipinski definition) is 4. The molecule has 0 aliphatic heterocycles. The van der Waals surface area contributed by atoms with E-state index in [1.165, 1.54) is 0 Å². The second-order valence-electron chi connectivity index (χ2n) is 4.23. The van der Waals surface area contributed by atoms with Crippen molar-refractivity contribution in [2.24, 2.45) is 0 Å². The van der Waals surface area contributed by atoms with Crippen LogP contribution in [-0.4, -0.2) is 5.16 Å². The molecule has 0 bridgehead atoms. The number of anilines is 2. The van der Waals surface area contributed by atoms with Gasteiger partial charge in [0, 0.05) is 23.5 Å². The fourth-order valence-corrected chi connectivity index (χ4v) is 1.82. The van der Waals surface area contributed by atoms with Crippen molar-refractivity contribution in [2.45, 2.75) is 27.3 Å². The normalized spacial score (nSPS) is 10.5. The minimum absolute atomic E-state index is 0.714. The molecule has 0 saturated carbocycles. The van der Waals surface area contributed by atoms with Crippen LogP contribution in [0, 0.1) is 20.8 Å². The van der Waals surface area contributed by atoms with Gasteiger partial charge in [-0.2, -0.15) is 0 Å². The van der Waals surface area contributed by atoms with Crippen LogP contribution in [0.1, 0.15) is 22.6 Å². The van der Waals surface area contributed by atoms with Gasteiger partial charge in [0.05, 0.1) is 5.69 Å². The second kappa shape index (κ2) is 4.49. The van der Waals surface area contributed by atoms with Gasteiger partial charge in [-0.3, -0.25) is 0 Å². The Kier molecular flexibility index (Phi) is 3.04. The molecule has 90 valence electrons. The molecule has 0 saturated heterocycles. The Labute approximate surface area is 101 Å². The van der Waals surface area contributed by atoms with Crippen molar-refractivity contribution in [1.29, 1.82) is 0 Å². The summed E-state index contributed by atoms with van der Waals surface area (Å²) >= 11 is 0. The summed E-state index contributed by atoms with van der Waals surface area (Å²) in [5, 5.41) is 7.30. The van der Waals surface area contributed by atoms with E-state index in [2.05, 4.69) is 10.5 Å². The van der Waals surface area contributed by atoms with Crippen molar-refractivity contribution < 1.29 is 4.52 Å². The van der Waals surface area contributed by atoms with Crippen molar-refractivity contribution in [3.05, 3.63) is 40.8 Å². The van der Waals surface area contributed by atoms with E-state index in [-0.39, 0.29) is 0 Å². The van der Waals surface area contributed by atoms with E-state index in [1.807, 2.05) is 39.0 Å². The largest absolute Gasteiger partial charge is 0.399 e. The number of aryl methyl sites for hydroxylation is 3. The van der Waals surface area contributed by atoms with E-state index in [4.69, 9.17) is 10.3 Å². The quantitative estimate of drug-likeness (QED) is 0.797. The van der Waals surface area contributed by atoms with Crippen LogP contribution in [0.5, 0.6) is 0 Å². The highest BCUT2D eigenvalue weighted by Crippen LogP contribution is 2.20. The summed E-state index contributed by atoms with van der Waals surface area (Å²) in [6.45, 7) is 6.62. The number of nitrogens with two attached hydrogens (primary N) is 1. The van der Waals surface area contributed by atoms with E-state index in [9.17, 15) is 0 Å². The molecule has 3 N–H and O–H groups in total. The van der Waals surface area contributed by atoms with Crippen LogP contribution >= 0.6 is 0 Å². The molecule has 0 atom stereocenters. The smallest absolute Gasteiger partial charge is 0.138 e. The Hall–Kier alpha value is -1.97. The number of benzene rings is 1. The molecule has 4 heteroatoms. The van der Waals surface area contributed by atoms with Gasteiger partial charge in [-0.15, -0.1) is 0 Å². The summed E-state index contributed by atoms with van der Waals surface area (Å²) in [4.78, 5) is 0. The Morgan fingerprint density at radius 3 is 2.65 bits per heavy atom. The van der Waals surface area contributed by atoms with Crippen molar-refractivity contribution in [1.82, 2.24) is 5.16 Å². The summed E-state index contributed by atoms with van der Waals surface area (Å²) in [6, 6.07) is 5.83. The third kappa shape index (κ3) is 2.41. The monoisotopic (exact) mass is 231 g/mol. The molecule has 0 aliphatic carbocycles. The maximum atomic E-state index is 5.71. The second-order valence-corrected chi connectivity index (χ2v) is 4.23. The van der Waals surface area contributed by atoms with Crippen molar-refractivity contribution >= 4 is 11.4 Å². The zero-order valence-corrected chi connectivity index (χ0v) is 10.4. The maximum absolute atomic E-state index is 5.71. The molecule has 0 unspecified atom stereocenters. The van der Waals surface area contributed by atoms with Crippen molar-refractivity contribution in [2.75, 3.05) is 11.1 Å². The number of nitrogen functional groups attached to an aromatic ring is 1. The first-order valence-corrected chi connectivity index (χ1v) is 5.59. The highest BCUT2D eigenvalue weighted by atomic mass is 16.5. The number of nitrogens with one attached hydrogen (secondary N) is 1. The van der Waals surface area contributed by atoms with Crippen LogP contribution in [0.3, 0.4) is 0 Å². The first kappa shape index (κ1) is 11.5. The summed E-state index contributed by atoms with van der Waals surface area (Å²) in [6.07, 6.45) is 0. The molecule has 17 heavy (non-hydrogen) atoms. The first-order valence-electron chi connectivity index (χ1n) is 5.59. The molecule has 1 aromatic carbocycles. The van der Waals surface area contributed by atoms with Gasteiger partial charge in [-0.05, 0) is 44.5 Å². The number of nitrogens with zero attached hydrogens (tertiary/aromatic N) is 1. The maximum Gasteiger partial charge on any atom is 0.138 e. The molecule has 0 aliphatic rings. The standard InChI is InChI=1S/C13H17N3O/c1-8-6-11(14)4-5-13(8)15-7-12-9(2)16-17-10(12)3/h4-6,15H,7,14H2,1-3H3. The van der Waals surface area contributed by atoms with Gasteiger partial charge in [0.25, 0.3) is 0 Å². The van der Waals surface area contributed by atoms with Crippen LogP contribution in [0.15, 0.2) is 22.7 Å². The lowest BCUT2D eigenvalue weighted by Gasteiger charge is -2.09. The molecule has 4 nitrogen and oxygen atoms in total. The van der Waals surface area contributed by atoms with Crippen LogP contribution in [0.25, 0.3) is 0 Å². The van der Waals surface area contributed by atoms with E-state index in [0.717, 1.165) is 34.0 Å². The van der Waals surface area contributed by atoms with E-state index >= 15 is 0 Å². The van der Waals surface area contributed by atoms with E-state index in [0.29, 0.717) is 6.54 Å². The van der Waals surface area contributed by atoms with Gasteiger partial charge in [-0.1, -0.05) is 5.16 Å². The van der Waals surface area contributed by atoms with Crippen molar-refractivity contribution in [3.63, 3.8) is 0 Å². The highest BCUT2D eigenvalue weighted by Gasteiger charge is 2.08. The zero-order valence-electron chi connectivity index (χ0n) is 10.4. The predicted octanol–water partition coefficient (Wildman–Crippen LogP) is 2.79. The Morgan fingerprint density at radius 1 is 1.29 bits per heavy atom. The fraction of sp³-hybridized carbons (Fsp3) is 0.308. The molecular formula is C13H17N3O. The van der Waals surface area contributed by atoms with Gasteiger partial charge in [0.15, 0.2) is 0 Å². The van der Waals surface area contributed by atoms with E-state index in [1.54, 1.807) is 0 Å². The minimum Gasteiger partial charge on any atom is -0.399 e. The van der Waals surface area contributed by atoms with Crippen LogP contribution < -0.4 is 11.1 Å². The van der Waals surface area contributed by atoms with Gasteiger partial charge in [-0.25, -0.2) is 0 Å². The molecule has 2 rings (SSSR count). The third-order valence-electron chi connectivity index (χ3n) is 2.89. The topological polar surface area (TPSA) is 64.1 Å². The molecule has 0 spiro atoms. The average Bonchev–Trinajstić information content (AvgIpc) is 2.58. The van der Waals surface area contributed by atoms with Crippen LogP contribution in [0.4, 0.5) is 11.4 Å². The minimum atomic E-state index is 0.714. The third-order valence-corrected chi connectivity index (χ3v) is 2.89. The zero-order chi connectivity index (χ0) is 12.4.